The van der Waals surface area contributed by atoms with E-state index in [1.165, 1.54) is 7.11 Å². The van der Waals surface area contributed by atoms with Crippen LogP contribution in [0.4, 0.5) is 21.9 Å². The van der Waals surface area contributed by atoms with Crippen molar-refractivity contribution in [2.75, 3.05) is 56.9 Å². The van der Waals surface area contributed by atoms with E-state index in [4.69, 9.17) is 9.47 Å². The topological polar surface area (TPSA) is 83.1 Å². The first-order valence-electron chi connectivity index (χ1n) is 9.75. The predicted octanol–water partition coefficient (Wildman–Crippen LogP) is 3.90. The molecule has 2 rings (SSSR count). The first-order valence-corrected chi connectivity index (χ1v) is 9.75. The molecule has 0 aromatic heterocycles. The molecule has 0 radical (unpaired) electrons. The minimum absolute atomic E-state index is 0.0791. The smallest absolute Gasteiger partial charge is 0.323 e. The number of benzene rings is 2. The zero-order valence-corrected chi connectivity index (χ0v) is 18.4. The number of nitrogens with one attached hydrogen (secondary N) is 2. The summed E-state index contributed by atoms with van der Waals surface area (Å²) in [5, 5.41) is 5.54. The summed E-state index contributed by atoms with van der Waals surface area (Å²) < 4.78 is 10.5. The molecule has 2 aromatic carbocycles. The van der Waals surface area contributed by atoms with Crippen LogP contribution in [0.3, 0.4) is 0 Å². The van der Waals surface area contributed by atoms with E-state index in [9.17, 15) is 9.59 Å². The molecule has 8 heteroatoms. The molecular formula is C22H30N4O4. The van der Waals surface area contributed by atoms with Crippen molar-refractivity contribution < 1.29 is 19.1 Å². The molecule has 0 saturated carbocycles. The first-order chi connectivity index (χ1) is 14.3. The van der Waals surface area contributed by atoms with Crippen LogP contribution in [0.1, 0.15) is 24.2 Å². The Bertz CT molecular complexity index is 895. The maximum Gasteiger partial charge on any atom is 0.323 e. The van der Waals surface area contributed by atoms with E-state index in [0.717, 1.165) is 5.69 Å². The maximum atomic E-state index is 12.9. The molecule has 2 aromatic rings. The van der Waals surface area contributed by atoms with Gasteiger partial charge in [0.2, 0.25) is 0 Å². The van der Waals surface area contributed by atoms with Crippen LogP contribution in [0.15, 0.2) is 36.4 Å². The number of carbonyl (C=O) groups is 2. The average Bonchev–Trinajstić information content (AvgIpc) is 2.74. The van der Waals surface area contributed by atoms with Crippen LogP contribution in [0.25, 0.3) is 0 Å². The third-order valence-electron chi connectivity index (χ3n) is 4.67. The minimum Gasteiger partial charge on any atom is -0.497 e. The van der Waals surface area contributed by atoms with E-state index in [2.05, 4.69) is 10.6 Å². The van der Waals surface area contributed by atoms with Gasteiger partial charge in [-0.25, -0.2) is 4.79 Å². The van der Waals surface area contributed by atoms with Gasteiger partial charge in [-0.15, -0.1) is 0 Å². The monoisotopic (exact) mass is 414 g/mol. The molecule has 0 aliphatic rings. The summed E-state index contributed by atoms with van der Waals surface area (Å²) in [5.41, 5.74) is 2.33. The van der Waals surface area contributed by atoms with Crippen molar-refractivity contribution in [1.29, 1.82) is 0 Å². The fraction of sp³-hybridized carbons (Fsp3) is 0.364. The Balaban J connectivity index is 2.25. The molecule has 8 nitrogen and oxygen atoms in total. The number of hydrogen-bond acceptors (Lipinski definition) is 5. The van der Waals surface area contributed by atoms with Crippen LogP contribution in [0.5, 0.6) is 11.5 Å². The fourth-order valence-corrected chi connectivity index (χ4v) is 3.04. The van der Waals surface area contributed by atoms with Crippen molar-refractivity contribution in [2.24, 2.45) is 0 Å². The van der Waals surface area contributed by atoms with Crippen LogP contribution in [0.2, 0.25) is 0 Å². The Morgan fingerprint density at radius 3 is 2.20 bits per heavy atom. The first kappa shape index (κ1) is 22.9. The highest BCUT2D eigenvalue weighted by Crippen LogP contribution is 2.29. The van der Waals surface area contributed by atoms with Crippen molar-refractivity contribution in [3.05, 3.63) is 42.0 Å². The molecule has 0 saturated heterocycles. The number of anilines is 3. The van der Waals surface area contributed by atoms with Gasteiger partial charge in [0, 0.05) is 44.6 Å². The van der Waals surface area contributed by atoms with Crippen molar-refractivity contribution in [2.45, 2.75) is 13.8 Å². The lowest BCUT2D eigenvalue weighted by atomic mass is 10.1. The molecule has 2 N–H and O–H groups in total. The zero-order valence-electron chi connectivity index (χ0n) is 18.4. The van der Waals surface area contributed by atoms with E-state index < -0.39 is 6.03 Å². The highest BCUT2D eigenvalue weighted by molar-refractivity contribution is 6.04. The molecule has 30 heavy (non-hydrogen) atoms. The van der Waals surface area contributed by atoms with Gasteiger partial charge in [-0.1, -0.05) is 0 Å². The van der Waals surface area contributed by atoms with Crippen LogP contribution in [0, 0.1) is 0 Å². The van der Waals surface area contributed by atoms with Crippen molar-refractivity contribution in [3.8, 4) is 11.5 Å². The zero-order chi connectivity index (χ0) is 22.3. The summed E-state index contributed by atoms with van der Waals surface area (Å²) in [4.78, 5) is 29.1. The molecular weight excluding hydrogens is 384 g/mol. The molecule has 0 unspecified atom stereocenters. The Morgan fingerprint density at radius 1 is 0.933 bits per heavy atom. The van der Waals surface area contributed by atoms with Crippen molar-refractivity contribution in [3.63, 3.8) is 0 Å². The van der Waals surface area contributed by atoms with Gasteiger partial charge in [-0.05, 0) is 44.2 Å². The second kappa shape index (κ2) is 10.4. The highest BCUT2D eigenvalue weighted by atomic mass is 16.5. The SMILES string of the molecule is CCN(CC)C(=O)c1cc(NC(=O)Nc2ccc(OC)cc2OC)ccc1N(C)C. The summed E-state index contributed by atoms with van der Waals surface area (Å²) in [6.45, 7) is 5.10. The maximum absolute atomic E-state index is 12.9. The molecule has 0 aliphatic heterocycles. The molecule has 0 heterocycles. The quantitative estimate of drug-likeness (QED) is 0.685. The third-order valence-corrected chi connectivity index (χ3v) is 4.67. The number of nitrogens with zero attached hydrogens (tertiary/aromatic N) is 2. The Kier molecular flexibility index (Phi) is 7.91. The summed E-state index contributed by atoms with van der Waals surface area (Å²) in [6, 6.07) is 9.94. The number of rotatable bonds is 8. The van der Waals surface area contributed by atoms with Crippen LogP contribution < -0.4 is 25.0 Å². The van der Waals surface area contributed by atoms with Crippen LogP contribution in [-0.2, 0) is 0 Å². The molecule has 162 valence electrons. The van der Waals surface area contributed by atoms with Crippen LogP contribution in [-0.4, -0.2) is 58.2 Å². The normalized spacial score (nSPS) is 10.2. The van der Waals surface area contributed by atoms with E-state index in [1.807, 2.05) is 38.9 Å². The molecule has 0 fully saturated rings. The third kappa shape index (κ3) is 5.34. The summed E-state index contributed by atoms with van der Waals surface area (Å²) >= 11 is 0. The Labute approximate surface area is 177 Å². The number of carbonyl (C=O) groups excluding carboxylic acids is 2. The summed E-state index contributed by atoms with van der Waals surface area (Å²) in [5.74, 6) is 1.02. The second-order valence-electron chi connectivity index (χ2n) is 6.75. The number of ether oxygens (including phenoxy) is 2. The number of urea groups is 1. The van der Waals surface area contributed by atoms with E-state index in [0.29, 0.717) is 41.5 Å². The number of amides is 3. The molecule has 0 bridgehead atoms. The average molecular weight is 415 g/mol. The van der Waals surface area contributed by atoms with Gasteiger partial charge in [0.15, 0.2) is 0 Å². The summed E-state index contributed by atoms with van der Waals surface area (Å²) in [7, 11) is 6.83. The van der Waals surface area contributed by atoms with Gasteiger partial charge in [-0.2, -0.15) is 0 Å². The molecule has 0 spiro atoms. The Hall–Kier alpha value is -3.42. The van der Waals surface area contributed by atoms with Gasteiger partial charge in [0.1, 0.15) is 11.5 Å². The number of methoxy groups -OCH3 is 2. The molecule has 0 atom stereocenters. The molecule has 0 aliphatic carbocycles. The van der Waals surface area contributed by atoms with E-state index in [-0.39, 0.29) is 5.91 Å². The van der Waals surface area contributed by atoms with Gasteiger partial charge in [0.05, 0.1) is 25.5 Å². The fourth-order valence-electron chi connectivity index (χ4n) is 3.04. The van der Waals surface area contributed by atoms with Crippen molar-refractivity contribution >= 4 is 29.0 Å². The number of hydrogen-bond donors (Lipinski definition) is 2. The van der Waals surface area contributed by atoms with E-state index in [1.54, 1.807) is 42.3 Å². The molecule has 3 amide bonds. The second-order valence-corrected chi connectivity index (χ2v) is 6.75. The van der Waals surface area contributed by atoms with Gasteiger partial charge in [-0.3, -0.25) is 4.79 Å². The van der Waals surface area contributed by atoms with E-state index >= 15 is 0 Å². The van der Waals surface area contributed by atoms with Gasteiger partial charge < -0.3 is 29.9 Å². The van der Waals surface area contributed by atoms with Crippen molar-refractivity contribution in [1.82, 2.24) is 4.90 Å². The predicted molar refractivity (Wildman–Crippen MR) is 120 cm³/mol. The lowest BCUT2D eigenvalue weighted by Gasteiger charge is -2.23. The summed E-state index contributed by atoms with van der Waals surface area (Å²) in [6.07, 6.45) is 0. The van der Waals surface area contributed by atoms with Crippen LogP contribution >= 0.6 is 0 Å². The highest BCUT2D eigenvalue weighted by Gasteiger charge is 2.19. The standard InChI is InChI=1S/C22H30N4O4/c1-7-26(8-2)21(27)17-13-15(9-12-19(17)25(3)4)23-22(28)24-18-11-10-16(29-5)14-20(18)30-6/h9-14H,7-8H2,1-6H3,(H2,23,24,28). The largest absolute Gasteiger partial charge is 0.497 e. The van der Waals surface area contributed by atoms with Gasteiger partial charge in [0.25, 0.3) is 5.91 Å². The van der Waals surface area contributed by atoms with Gasteiger partial charge >= 0.3 is 6.03 Å². The lowest BCUT2D eigenvalue weighted by Crippen LogP contribution is -2.32. The lowest BCUT2D eigenvalue weighted by molar-refractivity contribution is 0.0773. The minimum atomic E-state index is -0.447. The Morgan fingerprint density at radius 2 is 1.63 bits per heavy atom.